The molecule has 0 aromatic carbocycles. The molecule has 0 spiro atoms. The van der Waals surface area contributed by atoms with Gasteiger partial charge in [0.05, 0.1) is 0 Å². The topological polar surface area (TPSA) is 85.4 Å². The summed E-state index contributed by atoms with van der Waals surface area (Å²) in [7, 11) is -3.85. The van der Waals surface area contributed by atoms with Gasteiger partial charge in [0.2, 0.25) is 0 Å². The van der Waals surface area contributed by atoms with Gasteiger partial charge < -0.3 is 5.73 Å². The number of sulfonamides is 1. The minimum atomic E-state index is -3.85. The van der Waals surface area contributed by atoms with Crippen molar-refractivity contribution in [2.45, 2.75) is 4.90 Å². The molecule has 0 aliphatic rings. The van der Waals surface area contributed by atoms with E-state index in [0.29, 0.717) is 0 Å². The summed E-state index contributed by atoms with van der Waals surface area (Å²) in [5.41, 5.74) is 5.32. The normalized spacial score (nSPS) is 12.8. The summed E-state index contributed by atoms with van der Waals surface area (Å²) in [6, 6.07) is 2.78. The third-order valence-electron chi connectivity index (χ3n) is 1.42. The van der Waals surface area contributed by atoms with Crippen molar-refractivity contribution in [3.63, 3.8) is 0 Å². The van der Waals surface area contributed by atoms with Crippen LogP contribution in [0.1, 0.15) is 0 Å². The molecule has 0 amide bonds. The van der Waals surface area contributed by atoms with E-state index >= 15 is 0 Å². The van der Waals surface area contributed by atoms with Crippen LogP contribution in [0, 0.1) is 0 Å². The Bertz CT molecular complexity index is 487. The third kappa shape index (κ3) is 3.08. The highest BCUT2D eigenvalue weighted by Gasteiger charge is 2.17. The third-order valence-corrected chi connectivity index (χ3v) is 3.78. The molecule has 5 nitrogen and oxygen atoms in total. The van der Waals surface area contributed by atoms with Crippen LogP contribution in [0.5, 0.6) is 0 Å². The van der Waals surface area contributed by atoms with Crippen molar-refractivity contribution < 1.29 is 8.42 Å². The lowest BCUT2D eigenvalue weighted by atomic mass is 10.5. The lowest BCUT2D eigenvalue weighted by Crippen LogP contribution is -2.10. The summed E-state index contributed by atoms with van der Waals surface area (Å²) < 4.78 is 26.6. The number of nitrogens with zero attached hydrogens (tertiary/aromatic N) is 2. The maximum absolute atomic E-state index is 11.6. The molecule has 0 bridgehead atoms. The minimum Gasteiger partial charge on any atom is -0.378 e. The first kappa shape index (κ1) is 12.3. The highest BCUT2D eigenvalue weighted by Crippen LogP contribution is 2.20. The molecule has 1 heterocycles. The molecule has 8 heteroatoms. The van der Waals surface area contributed by atoms with E-state index in [9.17, 15) is 8.42 Å². The zero-order valence-electron chi connectivity index (χ0n) is 7.71. The van der Waals surface area contributed by atoms with E-state index in [1.54, 1.807) is 6.26 Å². The maximum Gasteiger partial charge on any atom is 0.287 e. The Balaban J connectivity index is 3.25. The smallest absolute Gasteiger partial charge is 0.287 e. The molecular formula is C7H8ClN3O2S2. The Morgan fingerprint density at radius 3 is 2.87 bits per heavy atom. The molecule has 15 heavy (non-hydrogen) atoms. The highest BCUT2D eigenvalue weighted by atomic mass is 35.5. The molecule has 0 fully saturated rings. The van der Waals surface area contributed by atoms with Gasteiger partial charge in [0.25, 0.3) is 10.0 Å². The minimum absolute atomic E-state index is 0.0464. The number of nitrogens with two attached hydrogens (primary N) is 1. The summed E-state index contributed by atoms with van der Waals surface area (Å²) in [5, 5.41) is -0.162. The number of hydrogen-bond acceptors (Lipinski definition) is 4. The number of rotatable bonds is 2. The van der Waals surface area contributed by atoms with Gasteiger partial charge in [-0.05, 0) is 18.4 Å². The number of halogens is 1. The average molecular weight is 266 g/mol. The summed E-state index contributed by atoms with van der Waals surface area (Å²) in [6.45, 7) is 0. The highest BCUT2D eigenvalue weighted by molar-refractivity contribution is 8.13. The summed E-state index contributed by atoms with van der Waals surface area (Å²) in [6.07, 6.45) is 3.02. The molecule has 1 aromatic heterocycles. The summed E-state index contributed by atoms with van der Waals surface area (Å²) in [4.78, 5) is 3.50. The standard InChI is InChI=1S/C7H8ClN3O2S2/c1-14-7(9)11-15(12,13)5-3-2-4-10-6(5)8/h2-4H,1H3,(H2,9,11). The van der Waals surface area contributed by atoms with Gasteiger partial charge in [-0.15, -0.1) is 4.40 Å². The number of thioether (sulfide) groups is 1. The number of amidine groups is 1. The first-order valence-corrected chi connectivity index (χ1v) is 6.76. The SMILES string of the molecule is CS/C(N)=N/S(=O)(=O)c1cccnc1Cl. The van der Waals surface area contributed by atoms with Crippen molar-refractivity contribution >= 4 is 38.6 Å². The molecule has 0 aliphatic heterocycles. The van der Waals surface area contributed by atoms with Gasteiger partial charge in [0, 0.05) is 6.20 Å². The predicted molar refractivity (Wildman–Crippen MR) is 61.6 cm³/mol. The average Bonchev–Trinajstić information content (AvgIpc) is 2.17. The van der Waals surface area contributed by atoms with Gasteiger partial charge in [-0.1, -0.05) is 23.4 Å². The second-order valence-corrected chi connectivity index (χ2v) is 5.16. The molecule has 2 N–H and O–H groups in total. The van der Waals surface area contributed by atoms with Gasteiger partial charge >= 0.3 is 0 Å². The van der Waals surface area contributed by atoms with Crippen LogP contribution in [-0.2, 0) is 10.0 Å². The zero-order chi connectivity index (χ0) is 11.5. The van der Waals surface area contributed by atoms with Crippen LogP contribution in [0.2, 0.25) is 5.15 Å². The summed E-state index contributed by atoms with van der Waals surface area (Å²) >= 11 is 6.67. The van der Waals surface area contributed by atoms with Crippen LogP contribution < -0.4 is 5.73 Å². The molecule has 82 valence electrons. The fourth-order valence-electron chi connectivity index (χ4n) is 0.769. The van der Waals surface area contributed by atoms with Crippen molar-refractivity contribution in [1.82, 2.24) is 4.98 Å². The number of aromatic nitrogens is 1. The number of hydrogen-bond donors (Lipinski definition) is 1. The van der Waals surface area contributed by atoms with Crippen LogP contribution in [0.25, 0.3) is 0 Å². The fourth-order valence-corrected chi connectivity index (χ4v) is 2.62. The van der Waals surface area contributed by atoms with Crippen LogP contribution in [-0.4, -0.2) is 24.8 Å². The predicted octanol–water partition coefficient (Wildman–Crippen LogP) is 1.10. The summed E-state index contributed by atoms with van der Waals surface area (Å²) in [5.74, 6) is 0. The van der Waals surface area contributed by atoms with Crippen molar-refractivity contribution in [3.8, 4) is 0 Å². The fraction of sp³-hybridized carbons (Fsp3) is 0.143. The Kier molecular flexibility index (Phi) is 3.95. The molecule has 0 unspecified atom stereocenters. The molecule has 0 saturated carbocycles. The van der Waals surface area contributed by atoms with Crippen molar-refractivity contribution in [2.24, 2.45) is 10.1 Å². The van der Waals surface area contributed by atoms with Crippen molar-refractivity contribution in [3.05, 3.63) is 23.5 Å². The number of pyridine rings is 1. The second kappa shape index (κ2) is 4.82. The Morgan fingerprint density at radius 1 is 1.67 bits per heavy atom. The van der Waals surface area contributed by atoms with Gasteiger partial charge in [-0.3, -0.25) is 0 Å². The van der Waals surface area contributed by atoms with Gasteiger partial charge in [-0.25, -0.2) is 4.98 Å². The van der Waals surface area contributed by atoms with Crippen LogP contribution >= 0.6 is 23.4 Å². The lowest BCUT2D eigenvalue weighted by Gasteiger charge is -2.00. The Hall–Kier alpha value is -0.790. The largest absolute Gasteiger partial charge is 0.378 e. The Labute approximate surface area is 96.8 Å². The molecule has 1 rings (SSSR count). The van der Waals surface area contributed by atoms with Crippen molar-refractivity contribution in [2.75, 3.05) is 6.26 Å². The van der Waals surface area contributed by atoms with Gasteiger partial charge in [0.1, 0.15) is 10.0 Å². The lowest BCUT2D eigenvalue weighted by molar-refractivity contribution is 0.598. The molecule has 0 radical (unpaired) electrons. The van der Waals surface area contributed by atoms with E-state index in [2.05, 4.69) is 9.38 Å². The maximum atomic E-state index is 11.6. The molecule has 0 atom stereocenters. The quantitative estimate of drug-likeness (QED) is 0.492. The first-order valence-electron chi connectivity index (χ1n) is 3.72. The van der Waals surface area contributed by atoms with Crippen LogP contribution in [0.3, 0.4) is 0 Å². The van der Waals surface area contributed by atoms with Gasteiger partial charge in [-0.2, -0.15) is 8.42 Å². The van der Waals surface area contributed by atoms with E-state index < -0.39 is 10.0 Å². The molecule has 1 aromatic rings. The van der Waals surface area contributed by atoms with Crippen LogP contribution in [0.4, 0.5) is 0 Å². The van der Waals surface area contributed by atoms with Gasteiger partial charge in [0.15, 0.2) is 5.17 Å². The molecular weight excluding hydrogens is 258 g/mol. The van der Waals surface area contributed by atoms with Crippen molar-refractivity contribution in [1.29, 1.82) is 0 Å². The van der Waals surface area contributed by atoms with E-state index in [1.807, 2.05) is 0 Å². The molecule has 0 aliphatic carbocycles. The zero-order valence-corrected chi connectivity index (χ0v) is 10.1. The Morgan fingerprint density at radius 2 is 2.33 bits per heavy atom. The monoisotopic (exact) mass is 265 g/mol. The first-order chi connectivity index (χ1) is 6.97. The van der Waals surface area contributed by atoms with E-state index in [1.165, 1.54) is 18.3 Å². The molecule has 0 saturated heterocycles. The van der Waals surface area contributed by atoms with E-state index in [4.69, 9.17) is 17.3 Å². The van der Waals surface area contributed by atoms with E-state index in [0.717, 1.165) is 11.8 Å². The second-order valence-electron chi connectivity index (χ2n) is 2.40. The van der Waals surface area contributed by atoms with Crippen LogP contribution in [0.15, 0.2) is 27.6 Å². The van der Waals surface area contributed by atoms with E-state index in [-0.39, 0.29) is 15.2 Å².